The van der Waals surface area contributed by atoms with E-state index in [1.165, 1.54) is 6.21 Å². The Labute approximate surface area is 207 Å². The Morgan fingerprint density at radius 3 is 2.25 bits per heavy atom. The number of nitrogens with zero attached hydrogens (tertiary/aromatic N) is 1. The van der Waals surface area contributed by atoms with Gasteiger partial charge in [-0.05, 0) is 72.5 Å². The topological polar surface area (TPSA) is 106 Å². The molecule has 0 spiro atoms. The molecule has 0 aliphatic carbocycles. The van der Waals surface area contributed by atoms with Crippen molar-refractivity contribution in [1.82, 2.24) is 5.43 Å². The van der Waals surface area contributed by atoms with E-state index in [1.807, 2.05) is 37.3 Å². The second-order valence-electron chi connectivity index (χ2n) is 7.60. The maximum Gasteiger partial charge on any atom is 0.343 e. The molecule has 0 unspecified atom stereocenters. The zero-order valence-corrected chi connectivity index (χ0v) is 19.4. The van der Waals surface area contributed by atoms with Crippen molar-refractivity contribution in [1.29, 1.82) is 0 Å². The molecule has 0 fully saturated rings. The van der Waals surface area contributed by atoms with Crippen molar-refractivity contribution in [3.05, 3.63) is 102 Å². The van der Waals surface area contributed by atoms with Crippen LogP contribution in [-0.4, -0.2) is 30.6 Å². The maximum atomic E-state index is 12.3. The number of hydrogen-bond donors (Lipinski definition) is 2. The van der Waals surface area contributed by atoms with Crippen LogP contribution in [0.5, 0.6) is 11.5 Å². The first-order valence-corrected chi connectivity index (χ1v) is 11.2. The molecular formula is C28H23N3O5. The first-order chi connectivity index (χ1) is 17.5. The summed E-state index contributed by atoms with van der Waals surface area (Å²) in [6, 6.07) is 26.2. The van der Waals surface area contributed by atoms with Gasteiger partial charge in [0, 0.05) is 11.1 Å². The lowest BCUT2D eigenvalue weighted by Gasteiger charge is -2.07. The zero-order chi connectivity index (χ0) is 25.3. The van der Waals surface area contributed by atoms with Crippen LogP contribution in [0.1, 0.15) is 22.8 Å². The summed E-state index contributed by atoms with van der Waals surface area (Å²) in [5, 5.41) is 8.20. The highest BCUT2D eigenvalue weighted by Gasteiger charge is 2.14. The summed E-state index contributed by atoms with van der Waals surface area (Å²) < 4.78 is 10.7. The number of carbonyl (C=O) groups is 3. The summed E-state index contributed by atoms with van der Waals surface area (Å²) >= 11 is 0. The van der Waals surface area contributed by atoms with Gasteiger partial charge in [-0.1, -0.05) is 36.4 Å². The summed E-state index contributed by atoms with van der Waals surface area (Å²) in [6.07, 6.45) is 1.38. The summed E-state index contributed by atoms with van der Waals surface area (Å²) in [7, 11) is 0. The van der Waals surface area contributed by atoms with Gasteiger partial charge in [0.1, 0.15) is 11.5 Å². The Bertz CT molecular complexity index is 1410. The molecule has 0 atom stereocenters. The van der Waals surface area contributed by atoms with E-state index < -0.39 is 17.8 Å². The standard InChI is InChI=1S/C28H23N3O5/c1-2-35-22-16-12-21(13-17-22)28(34)36-23-14-10-19(11-15-23)18-29-31-27(33)26(32)30-25-9-5-7-20-6-3-4-8-24(20)25/h3-18H,2H2,1H3,(H,30,32)(H,31,33)/b29-18-. The fourth-order valence-corrected chi connectivity index (χ4v) is 3.37. The van der Waals surface area contributed by atoms with Crippen LogP contribution in [0.4, 0.5) is 5.69 Å². The molecule has 0 radical (unpaired) electrons. The Kier molecular flexibility index (Phi) is 7.67. The Hall–Kier alpha value is -4.98. The Balaban J connectivity index is 1.29. The lowest BCUT2D eigenvalue weighted by atomic mass is 10.1. The largest absolute Gasteiger partial charge is 0.494 e. The van der Waals surface area contributed by atoms with Gasteiger partial charge in [-0.15, -0.1) is 0 Å². The van der Waals surface area contributed by atoms with Crippen LogP contribution in [-0.2, 0) is 9.59 Å². The number of benzene rings is 4. The van der Waals surface area contributed by atoms with E-state index in [4.69, 9.17) is 9.47 Å². The van der Waals surface area contributed by atoms with Gasteiger partial charge in [0.15, 0.2) is 0 Å². The van der Waals surface area contributed by atoms with E-state index in [9.17, 15) is 14.4 Å². The molecule has 0 saturated heterocycles. The van der Waals surface area contributed by atoms with Gasteiger partial charge >= 0.3 is 17.8 Å². The molecule has 0 aliphatic heterocycles. The van der Waals surface area contributed by atoms with Crippen molar-refractivity contribution in [2.45, 2.75) is 6.92 Å². The van der Waals surface area contributed by atoms with E-state index in [-0.39, 0.29) is 0 Å². The second-order valence-corrected chi connectivity index (χ2v) is 7.60. The van der Waals surface area contributed by atoms with Crippen LogP contribution in [0.15, 0.2) is 96.1 Å². The predicted octanol–water partition coefficient (Wildman–Crippen LogP) is 4.55. The summed E-state index contributed by atoms with van der Waals surface area (Å²) in [6.45, 7) is 2.43. The van der Waals surface area contributed by atoms with Crippen molar-refractivity contribution < 1.29 is 23.9 Å². The van der Waals surface area contributed by atoms with Gasteiger partial charge < -0.3 is 14.8 Å². The van der Waals surface area contributed by atoms with Crippen molar-refractivity contribution >= 4 is 40.5 Å². The molecule has 0 bridgehead atoms. The monoisotopic (exact) mass is 481 g/mol. The van der Waals surface area contributed by atoms with E-state index in [2.05, 4.69) is 15.8 Å². The molecule has 4 aromatic rings. The molecule has 0 aliphatic rings. The number of fused-ring (bicyclic) bond motifs is 1. The molecular weight excluding hydrogens is 458 g/mol. The van der Waals surface area contributed by atoms with Gasteiger partial charge in [0.05, 0.1) is 18.4 Å². The van der Waals surface area contributed by atoms with Crippen LogP contribution in [0.2, 0.25) is 0 Å². The van der Waals surface area contributed by atoms with Gasteiger partial charge in [-0.25, -0.2) is 10.2 Å². The Morgan fingerprint density at radius 2 is 1.50 bits per heavy atom. The molecule has 180 valence electrons. The average molecular weight is 482 g/mol. The average Bonchev–Trinajstić information content (AvgIpc) is 2.90. The molecule has 0 saturated carbocycles. The molecule has 36 heavy (non-hydrogen) atoms. The van der Waals surface area contributed by atoms with Crippen LogP contribution >= 0.6 is 0 Å². The summed E-state index contributed by atoms with van der Waals surface area (Å²) in [5.74, 6) is -1.20. The molecule has 8 heteroatoms. The number of rotatable bonds is 7. The minimum atomic E-state index is -0.903. The highest BCUT2D eigenvalue weighted by atomic mass is 16.5. The third-order valence-electron chi connectivity index (χ3n) is 5.12. The number of esters is 1. The molecule has 0 heterocycles. The van der Waals surface area contributed by atoms with Crippen LogP contribution < -0.4 is 20.2 Å². The second kappa shape index (κ2) is 11.4. The van der Waals surface area contributed by atoms with Crippen LogP contribution in [0, 0.1) is 0 Å². The van der Waals surface area contributed by atoms with Crippen molar-refractivity contribution in [2.24, 2.45) is 5.10 Å². The first-order valence-electron chi connectivity index (χ1n) is 11.2. The van der Waals surface area contributed by atoms with Gasteiger partial charge in [-0.2, -0.15) is 5.10 Å². The zero-order valence-electron chi connectivity index (χ0n) is 19.4. The third-order valence-corrected chi connectivity index (χ3v) is 5.12. The lowest BCUT2D eigenvalue weighted by Crippen LogP contribution is -2.32. The number of ether oxygens (including phenoxy) is 2. The minimum absolute atomic E-state index is 0.351. The molecule has 2 amide bonds. The summed E-state index contributed by atoms with van der Waals surface area (Å²) in [5.41, 5.74) is 3.77. The molecule has 2 N–H and O–H groups in total. The number of anilines is 1. The number of nitrogens with one attached hydrogen (secondary N) is 2. The molecule has 8 nitrogen and oxygen atoms in total. The normalized spacial score (nSPS) is 10.7. The van der Waals surface area contributed by atoms with E-state index in [0.29, 0.717) is 34.9 Å². The van der Waals surface area contributed by atoms with Crippen molar-refractivity contribution in [2.75, 3.05) is 11.9 Å². The maximum absolute atomic E-state index is 12.3. The quantitative estimate of drug-likeness (QED) is 0.132. The number of carbonyl (C=O) groups excluding carboxylic acids is 3. The molecule has 0 aromatic heterocycles. The fraction of sp³-hybridized carbons (Fsp3) is 0.0714. The molecule has 4 aromatic carbocycles. The summed E-state index contributed by atoms with van der Waals surface area (Å²) in [4.78, 5) is 36.7. The SMILES string of the molecule is CCOc1ccc(C(=O)Oc2ccc(/C=N\NC(=O)C(=O)Nc3cccc4ccccc34)cc2)cc1. The van der Waals surface area contributed by atoms with Gasteiger partial charge in [0.2, 0.25) is 0 Å². The highest BCUT2D eigenvalue weighted by molar-refractivity contribution is 6.40. The smallest absolute Gasteiger partial charge is 0.343 e. The van der Waals surface area contributed by atoms with Gasteiger partial charge in [-0.3, -0.25) is 9.59 Å². The van der Waals surface area contributed by atoms with Crippen molar-refractivity contribution in [3.63, 3.8) is 0 Å². The number of hydrazone groups is 1. The van der Waals surface area contributed by atoms with Crippen molar-refractivity contribution in [3.8, 4) is 11.5 Å². The molecule has 4 rings (SSSR count). The number of hydrogen-bond acceptors (Lipinski definition) is 6. The Morgan fingerprint density at radius 1 is 0.806 bits per heavy atom. The predicted molar refractivity (Wildman–Crippen MR) is 137 cm³/mol. The number of amides is 2. The first kappa shape index (κ1) is 24.2. The van der Waals surface area contributed by atoms with E-state index in [0.717, 1.165) is 10.8 Å². The lowest BCUT2D eigenvalue weighted by molar-refractivity contribution is -0.136. The minimum Gasteiger partial charge on any atom is -0.494 e. The van der Waals surface area contributed by atoms with Crippen LogP contribution in [0.25, 0.3) is 10.8 Å². The fourth-order valence-electron chi connectivity index (χ4n) is 3.37. The van der Waals surface area contributed by atoms with E-state index >= 15 is 0 Å². The third kappa shape index (κ3) is 6.12. The highest BCUT2D eigenvalue weighted by Crippen LogP contribution is 2.22. The van der Waals surface area contributed by atoms with Gasteiger partial charge in [0.25, 0.3) is 0 Å². The van der Waals surface area contributed by atoms with E-state index in [1.54, 1.807) is 60.7 Å². The van der Waals surface area contributed by atoms with Crippen LogP contribution in [0.3, 0.4) is 0 Å².